The Kier molecular flexibility index (Phi) is 4.78. The van der Waals surface area contributed by atoms with Crippen LogP contribution in [0.15, 0.2) is 0 Å². The molecule has 0 saturated heterocycles. The van der Waals surface area contributed by atoms with Gasteiger partial charge in [-0.15, -0.1) is 0 Å². The highest BCUT2D eigenvalue weighted by atomic mass is 16.5. The normalized spacial score (nSPS) is 39.9. The minimum Gasteiger partial charge on any atom is -0.383 e. The first kappa shape index (κ1) is 13.8. The molecule has 4 aliphatic rings. The van der Waals surface area contributed by atoms with Gasteiger partial charge in [0.2, 0.25) is 0 Å². The fourth-order valence-corrected chi connectivity index (χ4v) is 5.12. The summed E-state index contributed by atoms with van der Waals surface area (Å²) >= 11 is 0. The lowest BCUT2D eigenvalue weighted by atomic mass is 9.52. The summed E-state index contributed by atoms with van der Waals surface area (Å²) < 4.78 is 5.03. The maximum absolute atomic E-state index is 5.03. The molecule has 3 nitrogen and oxygen atoms in total. The van der Waals surface area contributed by atoms with Crippen molar-refractivity contribution >= 4 is 0 Å². The Hall–Kier alpha value is -0.120. The van der Waals surface area contributed by atoms with E-state index in [2.05, 4.69) is 10.6 Å². The molecule has 0 amide bonds. The second kappa shape index (κ2) is 6.55. The monoisotopic (exact) mass is 266 g/mol. The Labute approximate surface area is 117 Å². The van der Waals surface area contributed by atoms with E-state index in [9.17, 15) is 0 Å². The number of ether oxygens (including phenoxy) is 1. The van der Waals surface area contributed by atoms with E-state index in [0.29, 0.717) is 0 Å². The maximum atomic E-state index is 5.03. The van der Waals surface area contributed by atoms with Gasteiger partial charge < -0.3 is 15.4 Å². The zero-order chi connectivity index (χ0) is 13.1. The van der Waals surface area contributed by atoms with Gasteiger partial charge in [-0.1, -0.05) is 0 Å². The minimum absolute atomic E-state index is 0.815. The lowest BCUT2D eigenvalue weighted by molar-refractivity contribution is -0.0353. The molecule has 3 heteroatoms. The summed E-state index contributed by atoms with van der Waals surface area (Å²) in [5.41, 5.74) is 0. The average Bonchev–Trinajstić information content (AvgIpc) is 2.39. The van der Waals surface area contributed by atoms with E-state index in [-0.39, 0.29) is 0 Å². The minimum atomic E-state index is 0.815. The van der Waals surface area contributed by atoms with Crippen molar-refractivity contribution in [3.05, 3.63) is 0 Å². The molecule has 0 aromatic heterocycles. The molecular weight excluding hydrogens is 236 g/mol. The third-order valence-corrected chi connectivity index (χ3v) is 5.76. The SMILES string of the molecule is COCCNCCNCC1C2CC3CC(C2)CC1C3. The van der Waals surface area contributed by atoms with E-state index < -0.39 is 0 Å². The Morgan fingerprint density at radius 1 is 0.842 bits per heavy atom. The highest BCUT2D eigenvalue weighted by Gasteiger charge is 2.47. The van der Waals surface area contributed by atoms with Crippen LogP contribution in [0.1, 0.15) is 32.1 Å². The van der Waals surface area contributed by atoms with Gasteiger partial charge in [0.15, 0.2) is 0 Å². The van der Waals surface area contributed by atoms with Crippen molar-refractivity contribution in [1.82, 2.24) is 10.6 Å². The molecule has 0 heterocycles. The number of hydrogen-bond donors (Lipinski definition) is 2. The summed E-state index contributed by atoms with van der Waals surface area (Å²) in [5.74, 6) is 5.33. The number of rotatable bonds is 8. The summed E-state index contributed by atoms with van der Waals surface area (Å²) in [4.78, 5) is 0. The molecular formula is C16H30N2O. The molecule has 0 unspecified atom stereocenters. The molecule has 4 rings (SSSR count). The highest BCUT2D eigenvalue weighted by molar-refractivity contribution is 4.98. The fraction of sp³-hybridized carbons (Fsp3) is 1.00. The van der Waals surface area contributed by atoms with E-state index in [1.54, 1.807) is 39.2 Å². The van der Waals surface area contributed by atoms with Gasteiger partial charge in [0.1, 0.15) is 0 Å². The van der Waals surface area contributed by atoms with Crippen molar-refractivity contribution in [3.8, 4) is 0 Å². The van der Waals surface area contributed by atoms with Crippen LogP contribution in [0.25, 0.3) is 0 Å². The van der Waals surface area contributed by atoms with Crippen molar-refractivity contribution in [3.63, 3.8) is 0 Å². The first-order chi connectivity index (χ1) is 9.36. The molecule has 19 heavy (non-hydrogen) atoms. The van der Waals surface area contributed by atoms with E-state index >= 15 is 0 Å². The molecule has 4 saturated carbocycles. The van der Waals surface area contributed by atoms with Gasteiger partial charge in [0, 0.05) is 26.7 Å². The van der Waals surface area contributed by atoms with E-state index in [1.165, 1.54) is 6.54 Å². The summed E-state index contributed by atoms with van der Waals surface area (Å²) in [7, 11) is 1.76. The second-order valence-electron chi connectivity index (χ2n) is 7.04. The molecule has 0 radical (unpaired) electrons. The molecule has 0 aromatic carbocycles. The van der Waals surface area contributed by atoms with Gasteiger partial charge >= 0.3 is 0 Å². The lowest BCUT2D eigenvalue weighted by Crippen LogP contribution is -2.48. The predicted octanol–water partition coefficient (Wildman–Crippen LogP) is 1.88. The first-order valence-electron chi connectivity index (χ1n) is 8.27. The fourth-order valence-electron chi connectivity index (χ4n) is 5.12. The number of hydrogen-bond acceptors (Lipinski definition) is 3. The van der Waals surface area contributed by atoms with Gasteiger partial charge in [-0.25, -0.2) is 0 Å². The van der Waals surface area contributed by atoms with Crippen LogP contribution in [-0.2, 0) is 4.74 Å². The van der Waals surface area contributed by atoms with Gasteiger partial charge in [0.25, 0.3) is 0 Å². The summed E-state index contributed by atoms with van der Waals surface area (Å²) in [6, 6.07) is 0. The van der Waals surface area contributed by atoms with Crippen molar-refractivity contribution in [2.45, 2.75) is 32.1 Å². The molecule has 0 atom stereocenters. The summed E-state index contributed by atoms with van der Waals surface area (Å²) in [6.45, 7) is 5.22. The number of nitrogens with one attached hydrogen (secondary N) is 2. The molecule has 110 valence electrons. The zero-order valence-corrected chi connectivity index (χ0v) is 12.4. The summed E-state index contributed by atoms with van der Waals surface area (Å²) in [6.07, 6.45) is 7.75. The Bertz CT molecular complexity index is 254. The molecule has 4 fully saturated rings. The van der Waals surface area contributed by atoms with Crippen molar-refractivity contribution in [1.29, 1.82) is 0 Å². The van der Waals surface area contributed by atoms with Crippen LogP contribution in [0.5, 0.6) is 0 Å². The van der Waals surface area contributed by atoms with Gasteiger partial charge in [-0.3, -0.25) is 0 Å². The first-order valence-corrected chi connectivity index (χ1v) is 8.27. The highest BCUT2D eigenvalue weighted by Crippen LogP contribution is 2.56. The van der Waals surface area contributed by atoms with E-state index in [1.807, 2.05) is 0 Å². The van der Waals surface area contributed by atoms with Crippen LogP contribution in [0.3, 0.4) is 0 Å². The van der Waals surface area contributed by atoms with Crippen LogP contribution in [0.4, 0.5) is 0 Å². The number of methoxy groups -OCH3 is 1. The summed E-state index contributed by atoms with van der Waals surface area (Å²) in [5, 5.41) is 7.09. The zero-order valence-electron chi connectivity index (χ0n) is 12.4. The third kappa shape index (κ3) is 3.32. The molecule has 0 spiro atoms. The van der Waals surface area contributed by atoms with Gasteiger partial charge in [0.05, 0.1) is 6.61 Å². The van der Waals surface area contributed by atoms with Crippen molar-refractivity contribution < 1.29 is 4.74 Å². The topological polar surface area (TPSA) is 33.3 Å². The Morgan fingerprint density at radius 3 is 2.11 bits per heavy atom. The van der Waals surface area contributed by atoms with Crippen LogP contribution in [-0.4, -0.2) is 39.9 Å². The van der Waals surface area contributed by atoms with Gasteiger partial charge in [-0.05, 0) is 68.2 Å². The van der Waals surface area contributed by atoms with E-state index in [4.69, 9.17) is 4.74 Å². The Morgan fingerprint density at radius 2 is 1.47 bits per heavy atom. The van der Waals surface area contributed by atoms with Crippen molar-refractivity contribution in [2.75, 3.05) is 39.9 Å². The van der Waals surface area contributed by atoms with Crippen molar-refractivity contribution in [2.24, 2.45) is 29.6 Å². The smallest absolute Gasteiger partial charge is 0.0587 e. The predicted molar refractivity (Wildman–Crippen MR) is 78.2 cm³/mol. The average molecular weight is 266 g/mol. The largest absolute Gasteiger partial charge is 0.383 e. The Balaban J connectivity index is 1.32. The van der Waals surface area contributed by atoms with Crippen LogP contribution in [0.2, 0.25) is 0 Å². The maximum Gasteiger partial charge on any atom is 0.0587 e. The van der Waals surface area contributed by atoms with Crippen LogP contribution < -0.4 is 10.6 Å². The van der Waals surface area contributed by atoms with Crippen LogP contribution >= 0.6 is 0 Å². The molecule has 4 aliphatic carbocycles. The standard InChI is InChI=1S/C16H30N2O/c1-19-5-4-17-2-3-18-11-16-14-7-12-6-13(9-14)10-15(16)8-12/h12-18H,2-11H2,1H3. The molecule has 0 aliphatic heterocycles. The van der Waals surface area contributed by atoms with Crippen LogP contribution in [0, 0.1) is 29.6 Å². The molecule has 4 bridgehead atoms. The quantitative estimate of drug-likeness (QED) is 0.658. The lowest BCUT2D eigenvalue weighted by Gasteiger charge is -2.54. The van der Waals surface area contributed by atoms with E-state index in [0.717, 1.165) is 55.8 Å². The second-order valence-corrected chi connectivity index (χ2v) is 7.04. The molecule has 0 aromatic rings. The molecule has 2 N–H and O–H groups in total. The third-order valence-electron chi connectivity index (χ3n) is 5.76. The van der Waals surface area contributed by atoms with Gasteiger partial charge in [-0.2, -0.15) is 0 Å².